The summed E-state index contributed by atoms with van der Waals surface area (Å²) >= 11 is -1.63. The Kier molecular flexibility index (Phi) is 6.23. The highest BCUT2D eigenvalue weighted by Crippen LogP contribution is 2.29. The van der Waals surface area contributed by atoms with Crippen molar-refractivity contribution in [1.29, 1.82) is 0 Å². The van der Waals surface area contributed by atoms with E-state index >= 15 is 0 Å². The van der Waals surface area contributed by atoms with Gasteiger partial charge >= 0.3 is 0 Å². The van der Waals surface area contributed by atoms with Gasteiger partial charge < -0.3 is 4.55 Å². The van der Waals surface area contributed by atoms with Gasteiger partial charge in [0.15, 0.2) is 9.84 Å². The molecule has 1 unspecified atom stereocenters. The third-order valence-corrected chi connectivity index (χ3v) is 6.99. The Morgan fingerprint density at radius 1 is 1.22 bits per heavy atom. The van der Waals surface area contributed by atoms with Crippen LogP contribution in [-0.4, -0.2) is 29.2 Å². The van der Waals surface area contributed by atoms with E-state index in [4.69, 9.17) is 0 Å². The molecule has 4 nitrogen and oxygen atoms in total. The summed E-state index contributed by atoms with van der Waals surface area (Å²) in [5, 5.41) is 0. The molecule has 2 atom stereocenters. The zero-order valence-electron chi connectivity index (χ0n) is 13.9. The highest BCUT2D eigenvalue weighted by atomic mass is 32.2. The first-order chi connectivity index (χ1) is 10.3. The maximum atomic E-state index is 14.2. The van der Waals surface area contributed by atoms with E-state index in [-0.39, 0.29) is 11.3 Å². The van der Waals surface area contributed by atoms with Gasteiger partial charge in [0.25, 0.3) is 0 Å². The maximum Gasteiger partial charge on any atom is 0.152 e. The minimum atomic E-state index is -3.50. The summed E-state index contributed by atoms with van der Waals surface area (Å²) < 4.78 is 65.9. The monoisotopic (exact) mass is 367 g/mol. The Hall–Kier alpha value is -0.700. The van der Waals surface area contributed by atoms with Crippen molar-refractivity contribution < 1.29 is 21.8 Å². The Bertz CT molecular complexity index is 659. The smallest absolute Gasteiger partial charge is 0.152 e. The molecule has 0 amide bonds. The fourth-order valence-corrected chi connectivity index (χ4v) is 4.30. The lowest BCUT2D eigenvalue weighted by molar-refractivity contribution is 0.431. The largest absolute Gasteiger partial charge is 0.598 e. The first-order valence-electron chi connectivity index (χ1n) is 7.16. The van der Waals surface area contributed by atoms with Crippen LogP contribution in [0.1, 0.15) is 40.2 Å². The number of hydrogen-bond donors (Lipinski definition) is 1. The lowest BCUT2D eigenvalue weighted by Gasteiger charge is -2.35. The Labute approximate surface area is 139 Å². The second-order valence-corrected chi connectivity index (χ2v) is 10.9. The van der Waals surface area contributed by atoms with Crippen molar-refractivity contribution in [1.82, 2.24) is 4.72 Å². The average molecular weight is 367 g/mol. The van der Waals surface area contributed by atoms with Crippen LogP contribution in [0, 0.1) is 11.6 Å². The molecular formula is C15H23F2NO3S2. The normalized spacial score (nSPS) is 16.9. The molecule has 0 bridgehead atoms. The minimum Gasteiger partial charge on any atom is -0.598 e. The van der Waals surface area contributed by atoms with Crippen LogP contribution in [0.15, 0.2) is 18.2 Å². The Morgan fingerprint density at radius 3 is 2.22 bits per heavy atom. The first-order valence-corrected chi connectivity index (χ1v) is 10.1. The van der Waals surface area contributed by atoms with Gasteiger partial charge in [-0.2, -0.15) is 0 Å². The number of benzene rings is 1. The van der Waals surface area contributed by atoms with E-state index < -0.39 is 48.9 Å². The summed E-state index contributed by atoms with van der Waals surface area (Å²) in [6.07, 6.45) is 0. The first kappa shape index (κ1) is 20.3. The Morgan fingerprint density at radius 2 is 1.78 bits per heavy atom. The van der Waals surface area contributed by atoms with Gasteiger partial charge in [0, 0.05) is 28.7 Å². The van der Waals surface area contributed by atoms with Gasteiger partial charge in [-0.15, -0.1) is 4.72 Å². The fraction of sp³-hybridized carbons (Fsp3) is 0.600. The molecule has 0 spiro atoms. The molecule has 132 valence electrons. The molecular weight excluding hydrogens is 344 g/mol. The quantitative estimate of drug-likeness (QED) is 0.785. The van der Waals surface area contributed by atoms with E-state index in [1.807, 2.05) is 0 Å². The highest BCUT2D eigenvalue weighted by molar-refractivity contribution is 7.92. The molecule has 0 radical (unpaired) electrons. The number of hydrogen-bond acceptors (Lipinski definition) is 4. The van der Waals surface area contributed by atoms with E-state index in [2.05, 4.69) is 4.72 Å². The van der Waals surface area contributed by atoms with Crippen LogP contribution < -0.4 is 4.72 Å². The van der Waals surface area contributed by atoms with Gasteiger partial charge in [-0.25, -0.2) is 17.2 Å². The second kappa shape index (κ2) is 7.04. The van der Waals surface area contributed by atoms with Gasteiger partial charge in [0.2, 0.25) is 0 Å². The van der Waals surface area contributed by atoms with Gasteiger partial charge in [-0.1, -0.05) is 13.0 Å². The van der Waals surface area contributed by atoms with Crippen LogP contribution in [0.2, 0.25) is 0 Å². The molecule has 1 aromatic carbocycles. The van der Waals surface area contributed by atoms with E-state index in [0.29, 0.717) is 6.07 Å². The maximum absolute atomic E-state index is 14.2. The van der Waals surface area contributed by atoms with Crippen LogP contribution in [0.3, 0.4) is 0 Å². The summed E-state index contributed by atoms with van der Waals surface area (Å²) in [7, 11) is -3.50. The Balaban J connectivity index is 3.36. The molecule has 23 heavy (non-hydrogen) atoms. The van der Waals surface area contributed by atoms with Gasteiger partial charge in [0.05, 0.1) is 5.75 Å². The van der Waals surface area contributed by atoms with E-state index in [9.17, 15) is 21.8 Å². The third kappa shape index (κ3) is 5.41. The molecule has 0 saturated heterocycles. The predicted octanol–water partition coefficient (Wildman–Crippen LogP) is 2.67. The van der Waals surface area contributed by atoms with Crippen molar-refractivity contribution in [3.8, 4) is 0 Å². The van der Waals surface area contributed by atoms with Crippen LogP contribution >= 0.6 is 0 Å². The lowest BCUT2D eigenvalue weighted by Crippen LogP contribution is -2.53. The summed E-state index contributed by atoms with van der Waals surface area (Å²) in [4.78, 5) is 0. The van der Waals surface area contributed by atoms with Crippen molar-refractivity contribution in [3.05, 3.63) is 35.4 Å². The fourth-order valence-electron chi connectivity index (χ4n) is 2.00. The van der Waals surface area contributed by atoms with Crippen molar-refractivity contribution >= 4 is 21.2 Å². The molecule has 0 heterocycles. The molecule has 1 aromatic rings. The molecule has 0 fully saturated rings. The molecule has 1 N–H and O–H groups in total. The topological polar surface area (TPSA) is 69.2 Å². The number of nitrogens with one attached hydrogen (secondary N) is 1. The summed E-state index contributed by atoms with van der Waals surface area (Å²) in [6, 6.07) is 2.92. The molecule has 1 rings (SSSR count). The van der Waals surface area contributed by atoms with Crippen LogP contribution in [-0.2, 0) is 26.7 Å². The summed E-state index contributed by atoms with van der Waals surface area (Å²) in [5.41, 5.74) is -1.47. The number of rotatable bonds is 6. The van der Waals surface area contributed by atoms with E-state index in [1.165, 1.54) is 19.9 Å². The zero-order chi connectivity index (χ0) is 18.1. The lowest BCUT2D eigenvalue weighted by atomic mass is 9.95. The molecule has 8 heteroatoms. The summed E-state index contributed by atoms with van der Waals surface area (Å²) in [5.74, 6) is -2.21. The highest BCUT2D eigenvalue weighted by Gasteiger charge is 2.41. The minimum absolute atomic E-state index is 0.0338. The van der Waals surface area contributed by atoms with E-state index in [0.717, 1.165) is 6.07 Å². The van der Waals surface area contributed by atoms with Gasteiger partial charge in [0.1, 0.15) is 21.9 Å². The predicted molar refractivity (Wildman–Crippen MR) is 89.1 cm³/mol. The number of sulfone groups is 1. The number of halogens is 2. The molecule has 0 saturated carbocycles. The van der Waals surface area contributed by atoms with Gasteiger partial charge in [-0.3, -0.25) is 0 Å². The van der Waals surface area contributed by atoms with Crippen LogP contribution in [0.5, 0.6) is 0 Å². The molecule has 0 aliphatic heterocycles. The van der Waals surface area contributed by atoms with Crippen molar-refractivity contribution in [2.24, 2.45) is 0 Å². The van der Waals surface area contributed by atoms with Crippen LogP contribution in [0.4, 0.5) is 8.78 Å². The van der Waals surface area contributed by atoms with Crippen molar-refractivity contribution in [2.75, 3.05) is 11.5 Å². The van der Waals surface area contributed by atoms with Crippen LogP contribution in [0.25, 0.3) is 0 Å². The van der Waals surface area contributed by atoms with Crippen molar-refractivity contribution in [3.63, 3.8) is 0 Å². The third-order valence-electron chi connectivity index (χ3n) is 3.35. The van der Waals surface area contributed by atoms with E-state index in [1.54, 1.807) is 20.8 Å². The second-order valence-electron chi connectivity index (χ2n) is 6.62. The molecule has 0 aliphatic rings. The zero-order valence-corrected chi connectivity index (χ0v) is 15.6. The molecule has 0 aromatic heterocycles. The summed E-state index contributed by atoms with van der Waals surface area (Å²) in [6.45, 7) is 8.08. The molecule has 0 aliphatic carbocycles. The average Bonchev–Trinajstić information content (AvgIpc) is 2.36. The standard InChI is InChI=1S/C15H23F2NO3S2/c1-6-23(20,21)10-15(5,18-22(19)14(2,3)4)12-8-7-11(16)9-13(12)17/h7-9,18H,6,10H2,1-5H3/t15-,22?/m0/s1. The van der Waals surface area contributed by atoms with Crippen molar-refractivity contribution in [2.45, 2.75) is 44.9 Å². The SMILES string of the molecule is CCS(=O)(=O)C[C@](C)(N[S+]([O-])C(C)(C)C)c1ccc(F)cc1F. The van der Waals surface area contributed by atoms with Gasteiger partial charge in [-0.05, 0) is 33.8 Å².